The van der Waals surface area contributed by atoms with E-state index < -0.39 is 0 Å². The van der Waals surface area contributed by atoms with E-state index in [4.69, 9.17) is 0 Å². The number of phenols is 1. The number of Topliss-reactive ketones (excluding diaryl/α,β-unsaturated/α-hetero) is 1. The van der Waals surface area contributed by atoms with E-state index in [0.717, 1.165) is 16.8 Å². The number of thioether (sulfide) groups is 1. The number of carbonyl (C=O) groups excluding carboxylic acids is 1. The molecule has 114 valence electrons. The fourth-order valence-electron chi connectivity index (χ4n) is 2.64. The predicted molar refractivity (Wildman–Crippen MR) is 84.9 cm³/mol. The molecule has 1 aliphatic carbocycles. The first-order valence-corrected chi connectivity index (χ1v) is 7.97. The molecule has 0 spiro atoms. The van der Waals surface area contributed by atoms with Gasteiger partial charge in [0.05, 0.1) is 10.9 Å². The van der Waals surface area contributed by atoms with Crippen molar-refractivity contribution in [3.8, 4) is 11.4 Å². The zero-order chi connectivity index (χ0) is 15.8. The van der Waals surface area contributed by atoms with E-state index >= 15 is 0 Å². The average Bonchev–Trinajstić information content (AvgIpc) is 3.15. The van der Waals surface area contributed by atoms with Crippen LogP contribution < -0.4 is 0 Å². The summed E-state index contributed by atoms with van der Waals surface area (Å²) in [7, 11) is 0. The second-order valence-electron chi connectivity index (χ2n) is 5.22. The van der Waals surface area contributed by atoms with Crippen molar-refractivity contribution in [1.82, 2.24) is 20.2 Å². The van der Waals surface area contributed by atoms with E-state index in [2.05, 4.69) is 15.5 Å². The zero-order valence-electron chi connectivity index (χ0n) is 12.0. The molecule has 1 heterocycles. The summed E-state index contributed by atoms with van der Waals surface area (Å²) >= 11 is 1.36. The molecule has 0 saturated carbocycles. The quantitative estimate of drug-likeness (QED) is 0.796. The Hall–Kier alpha value is -2.67. The Morgan fingerprint density at radius 1 is 1.13 bits per heavy atom. The van der Waals surface area contributed by atoms with Gasteiger partial charge in [0.2, 0.25) is 5.16 Å². The monoisotopic (exact) mass is 324 g/mol. The third-order valence-corrected chi connectivity index (χ3v) is 4.89. The lowest BCUT2D eigenvalue weighted by Gasteiger charge is -2.08. The number of ketones is 1. The van der Waals surface area contributed by atoms with Crippen LogP contribution in [-0.4, -0.2) is 36.3 Å². The summed E-state index contributed by atoms with van der Waals surface area (Å²) < 4.78 is 1.57. The molecule has 1 N–H and O–H groups in total. The van der Waals surface area contributed by atoms with Gasteiger partial charge in [-0.05, 0) is 46.7 Å². The molecule has 7 heteroatoms. The Morgan fingerprint density at radius 2 is 1.91 bits per heavy atom. The summed E-state index contributed by atoms with van der Waals surface area (Å²) in [6.45, 7) is 0. The van der Waals surface area contributed by atoms with Gasteiger partial charge in [-0.15, -0.1) is 5.10 Å². The summed E-state index contributed by atoms with van der Waals surface area (Å²) in [5.74, 6) is 0.295. The Morgan fingerprint density at radius 3 is 2.70 bits per heavy atom. The number of hydrogen-bond donors (Lipinski definition) is 1. The number of aromatic hydroxyl groups is 1. The number of fused-ring (bicyclic) bond motifs is 1. The van der Waals surface area contributed by atoms with Crippen LogP contribution in [0.25, 0.3) is 5.69 Å². The molecule has 0 fully saturated rings. The topological polar surface area (TPSA) is 80.9 Å². The van der Waals surface area contributed by atoms with Crippen LogP contribution in [0.4, 0.5) is 0 Å². The molecule has 23 heavy (non-hydrogen) atoms. The standard InChI is InChI=1S/C16H12N4O2S/c21-12-7-5-11(6-8-12)20-16(17-18-19-20)23-14-9-10-3-1-2-4-13(10)15(14)22/h1-8,14,21H,9H2/t14-/m0/s1. The molecule has 0 amide bonds. The third kappa shape index (κ3) is 2.49. The minimum atomic E-state index is -0.214. The van der Waals surface area contributed by atoms with Crippen LogP contribution in [0.3, 0.4) is 0 Å². The van der Waals surface area contributed by atoms with Gasteiger partial charge in [0, 0.05) is 5.56 Å². The highest BCUT2D eigenvalue weighted by Gasteiger charge is 2.32. The van der Waals surface area contributed by atoms with Gasteiger partial charge in [-0.25, -0.2) is 0 Å². The summed E-state index contributed by atoms with van der Waals surface area (Å²) in [6.07, 6.45) is 0.683. The minimum absolute atomic E-state index is 0.117. The van der Waals surface area contributed by atoms with Crippen molar-refractivity contribution in [1.29, 1.82) is 0 Å². The van der Waals surface area contributed by atoms with E-state index in [9.17, 15) is 9.90 Å². The molecule has 2 aromatic carbocycles. The Bertz CT molecular complexity index is 876. The van der Waals surface area contributed by atoms with Crippen LogP contribution in [0.2, 0.25) is 0 Å². The van der Waals surface area contributed by atoms with Gasteiger partial charge < -0.3 is 5.11 Å². The van der Waals surface area contributed by atoms with Gasteiger partial charge in [0.15, 0.2) is 5.78 Å². The highest BCUT2D eigenvalue weighted by atomic mass is 32.2. The van der Waals surface area contributed by atoms with Crippen molar-refractivity contribution in [2.24, 2.45) is 0 Å². The maximum Gasteiger partial charge on any atom is 0.214 e. The third-order valence-electron chi connectivity index (χ3n) is 3.76. The molecular weight excluding hydrogens is 312 g/mol. The molecule has 0 bridgehead atoms. The summed E-state index contributed by atoms with van der Waals surface area (Å²) in [6, 6.07) is 14.3. The zero-order valence-corrected chi connectivity index (χ0v) is 12.8. The predicted octanol–water partition coefficient (Wildman–Crippen LogP) is 2.27. The molecule has 4 rings (SSSR count). The van der Waals surface area contributed by atoms with Crippen LogP contribution in [0.1, 0.15) is 15.9 Å². The molecule has 0 aliphatic heterocycles. The molecule has 1 atom stereocenters. The molecule has 1 aliphatic rings. The van der Waals surface area contributed by atoms with E-state index in [1.165, 1.54) is 11.8 Å². The number of phenolic OH excluding ortho intramolecular Hbond substituents is 1. The summed E-state index contributed by atoms with van der Waals surface area (Å²) in [5.41, 5.74) is 2.59. The van der Waals surface area contributed by atoms with Crippen molar-refractivity contribution in [3.05, 3.63) is 59.7 Å². The molecule has 3 aromatic rings. The number of nitrogens with zero attached hydrogens (tertiary/aromatic N) is 4. The van der Waals surface area contributed by atoms with Crippen molar-refractivity contribution < 1.29 is 9.90 Å². The van der Waals surface area contributed by atoms with Crippen LogP contribution in [0.15, 0.2) is 53.7 Å². The number of hydrogen-bond acceptors (Lipinski definition) is 6. The number of tetrazole rings is 1. The van der Waals surface area contributed by atoms with Gasteiger partial charge in [-0.2, -0.15) is 4.68 Å². The second-order valence-corrected chi connectivity index (χ2v) is 6.39. The fraction of sp³-hybridized carbons (Fsp3) is 0.125. The maximum atomic E-state index is 12.5. The van der Waals surface area contributed by atoms with Crippen LogP contribution in [-0.2, 0) is 6.42 Å². The van der Waals surface area contributed by atoms with Gasteiger partial charge in [-0.1, -0.05) is 36.0 Å². The van der Waals surface area contributed by atoms with Gasteiger partial charge in [-0.3, -0.25) is 4.79 Å². The van der Waals surface area contributed by atoms with Crippen LogP contribution in [0.5, 0.6) is 5.75 Å². The van der Waals surface area contributed by atoms with Crippen molar-refractivity contribution in [3.63, 3.8) is 0 Å². The Balaban J connectivity index is 1.61. The maximum absolute atomic E-state index is 12.5. The number of carbonyl (C=O) groups is 1. The first kappa shape index (κ1) is 14.0. The SMILES string of the molecule is O=C1c2ccccc2C[C@@H]1Sc1nnnn1-c1ccc(O)cc1. The first-order chi connectivity index (χ1) is 11.2. The molecular formula is C16H12N4O2S. The molecule has 0 radical (unpaired) electrons. The normalized spacial score (nSPS) is 16.5. The first-order valence-electron chi connectivity index (χ1n) is 7.09. The fourth-order valence-corrected chi connectivity index (χ4v) is 3.71. The largest absolute Gasteiger partial charge is 0.508 e. The van der Waals surface area contributed by atoms with E-state index in [0.29, 0.717) is 11.6 Å². The van der Waals surface area contributed by atoms with Crippen LogP contribution >= 0.6 is 11.8 Å². The Kier molecular flexibility index (Phi) is 3.34. The highest BCUT2D eigenvalue weighted by Crippen LogP contribution is 2.34. The van der Waals surface area contributed by atoms with E-state index in [1.807, 2.05) is 24.3 Å². The van der Waals surface area contributed by atoms with Crippen LogP contribution in [0, 0.1) is 0 Å². The second kappa shape index (κ2) is 5.51. The average molecular weight is 324 g/mol. The molecule has 1 aromatic heterocycles. The summed E-state index contributed by atoms with van der Waals surface area (Å²) in [5, 5.41) is 21.4. The van der Waals surface area contributed by atoms with Crippen molar-refractivity contribution in [2.75, 3.05) is 0 Å². The molecule has 6 nitrogen and oxygen atoms in total. The minimum Gasteiger partial charge on any atom is -0.508 e. The lowest BCUT2D eigenvalue weighted by Crippen LogP contribution is -2.13. The number of aromatic nitrogens is 4. The Labute approximate surface area is 136 Å². The number of benzene rings is 2. The van der Waals surface area contributed by atoms with Gasteiger partial charge in [0.25, 0.3) is 0 Å². The van der Waals surface area contributed by atoms with E-state index in [1.54, 1.807) is 28.9 Å². The van der Waals surface area contributed by atoms with E-state index in [-0.39, 0.29) is 16.8 Å². The van der Waals surface area contributed by atoms with Gasteiger partial charge in [0.1, 0.15) is 5.75 Å². The smallest absolute Gasteiger partial charge is 0.214 e. The van der Waals surface area contributed by atoms with Crippen molar-refractivity contribution in [2.45, 2.75) is 16.8 Å². The lowest BCUT2D eigenvalue weighted by atomic mass is 10.1. The number of rotatable bonds is 3. The highest BCUT2D eigenvalue weighted by molar-refractivity contribution is 8.00. The molecule has 0 saturated heterocycles. The van der Waals surface area contributed by atoms with Crippen molar-refractivity contribution >= 4 is 17.5 Å². The van der Waals surface area contributed by atoms with Gasteiger partial charge >= 0.3 is 0 Å². The summed E-state index contributed by atoms with van der Waals surface area (Å²) in [4.78, 5) is 12.5. The molecule has 0 unspecified atom stereocenters. The lowest BCUT2D eigenvalue weighted by molar-refractivity contribution is 0.1000.